The molecule has 108 valence electrons. The van der Waals surface area contributed by atoms with Gasteiger partial charge in [0, 0.05) is 0 Å². The molecule has 0 radical (unpaired) electrons. The van der Waals surface area contributed by atoms with Crippen molar-refractivity contribution in [2.24, 2.45) is 0 Å². The second-order valence-corrected chi connectivity index (χ2v) is 11.2. The Kier molecular flexibility index (Phi) is 12.0. The molecule has 18 heavy (non-hydrogen) atoms. The number of rotatable bonds is 12. The summed E-state index contributed by atoms with van der Waals surface area (Å²) >= 11 is 0. The molecule has 0 N–H and O–H groups in total. The molecule has 0 nitrogen and oxygen atoms in total. The van der Waals surface area contributed by atoms with E-state index in [4.69, 9.17) is 0 Å². The molecular weight excluding hydrogens is 232 g/mol. The molecule has 0 bridgehead atoms. The van der Waals surface area contributed by atoms with E-state index in [2.05, 4.69) is 38.7 Å². The molecule has 0 aliphatic rings. The number of hydrogen-bond acceptors (Lipinski definition) is 0. The van der Waals surface area contributed by atoms with Crippen LogP contribution in [0.15, 0.2) is 11.8 Å². The van der Waals surface area contributed by atoms with Gasteiger partial charge in [0.15, 0.2) is 0 Å². The second kappa shape index (κ2) is 12.0. The molecule has 0 aromatic rings. The number of allylic oxidation sites excluding steroid dienone is 1. The van der Waals surface area contributed by atoms with Crippen molar-refractivity contribution in [2.45, 2.75) is 97.2 Å². The zero-order valence-corrected chi connectivity index (χ0v) is 14.4. The normalized spacial score (nSPS) is 12.4. The Labute approximate surface area is 117 Å². The van der Waals surface area contributed by atoms with Crippen molar-refractivity contribution in [2.75, 3.05) is 0 Å². The molecular formula is C17H36Si. The number of unbranched alkanes of at least 4 members (excludes halogenated alkanes) is 9. The third-order valence-electron chi connectivity index (χ3n) is 3.79. The van der Waals surface area contributed by atoms with E-state index in [-0.39, 0.29) is 0 Å². The standard InChI is InChI=1S/C17H36Si/c1-5-7-8-9-10-11-12-13-14-15-17-18(3,4)16-6-2/h6,16H,5,7-15,17H2,1-4H3. The van der Waals surface area contributed by atoms with Crippen LogP contribution in [-0.2, 0) is 0 Å². The molecule has 0 atom stereocenters. The zero-order valence-electron chi connectivity index (χ0n) is 13.4. The summed E-state index contributed by atoms with van der Waals surface area (Å²) in [7, 11) is -0.974. The maximum atomic E-state index is 2.49. The van der Waals surface area contributed by atoms with Crippen LogP contribution in [0, 0.1) is 0 Å². The van der Waals surface area contributed by atoms with Crippen molar-refractivity contribution in [1.82, 2.24) is 0 Å². The largest absolute Gasteiger partial charge is 0.0989 e. The van der Waals surface area contributed by atoms with Crippen molar-refractivity contribution in [3.8, 4) is 0 Å². The summed E-state index contributed by atoms with van der Waals surface area (Å²) in [5.74, 6) is 0. The zero-order chi connectivity index (χ0) is 13.7. The van der Waals surface area contributed by atoms with Crippen molar-refractivity contribution in [3.05, 3.63) is 11.8 Å². The van der Waals surface area contributed by atoms with Crippen molar-refractivity contribution < 1.29 is 0 Å². The summed E-state index contributed by atoms with van der Waals surface area (Å²) in [6.45, 7) is 9.42. The van der Waals surface area contributed by atoms with Gasteiger partial charge in [-0.05, 0) is 6.92 Å². The summed E-state index contributed by atoms with van der Waals surface area (Å²) in [6.07, 6.45) is 16.8. The third-order valence-corrected chi connectivity index (χ3v) is 6.67. The van der Waals surface area contributed by atoms with Crippen LogP contribution >= 0.6 is 0 Å². The van der Waals surface area contributed by atoms with Crippen LogP contribution in [0.4, 0.5) is 0 Å². The van der Waals surface area contributed by atoms with E-state index in [1.807, 2.05) is 0 Å². The monoisotopic (exact) mass is 268 g/mol. The van der Waals surface area contributed by atoms with E-state index >= 15 is 0 Å². The van der Waals surface area contributed by atoms with Gasteiger partial charge < -0.3 is 0 Å². The predicted molar refractivity (Wildman–Crippen MR) is 88.9 cm³/mol. The molecule has 0 aromatic carbocycles. The lowest BCUT2D eigenvalue weighted by Crippen LogP contribution is -2.21. The fourth-order valence-corrected chi connectivity index (χ4v) is 4.83. The van der Waals surface area contributed by atoms with E-state index < -0.39 is 8.07 Å². The highest BCUT2D eigenvalue weighted by Gasteiger charge is 2.14. The molecule has 0 saturated heterocycles. The van der Waals surface area contributed by atoms with Gasteiger partial charge in [0.2, 0.25) is 0 Å². The van der Waals surface area contributed by atoms with Gasteiger partial charge in [0.25, 0.3) is 0 Å². The number of hydrogen-bond donors (Lipinski definition) is 0. The van der Waals surface area contributed by atoms with E-state index in [0.717, 1.165) is 0 Å². The Morgan fingerprint density at radius 2 is 1.17 bits per heavy atom. The molecule has 0 heterocycles. The van der Waals surface area contributed by atoms with E-state index in [1.54, 1.807) is 0 Å². The van der Waals surface area contributed by atoms with Crippen LogP contribution in [-0.4, -0.2) is 8.07 Å². The summed E-state index contributed by atoms with van der Waals surface area (Å²) < 4.78 is 0. The molecule has 0 unspecified atom stereocenters. The summed E-state index contributed by atoms with van der Waals surface area (Å²) in [5, 5.41) is 0. The van der Waals surface area contributed by atoms with Gasteiger partial charge in [-0.1, -0.05) is 102 Å². The predicted octanol–water partition coefficient (Wildman–Crippen LogP) is 6.73. The van der Waals surface area contributed by atoms with Crippen LogP contribution < -0.4 is 0 Å². The van der Waals surface area contributed by atoms with Gasteiger partial charge in [-0.25, -0.2) is 0 Å². The maximum absolute atomic E-state index is 2.49. The first-order valence-electron chi connectivity index (χ1n) is 8.26. The minimum absolute atomic E-state index is 0.974. The van der Waals surface area contributed by atoms with Crippen molar-refractivity contribution in [1.29, 1.82) is 0 Å². The molecule has 1 heteroatoms. The first kappa shape index (κ1) is 18.0. The highest BCUT2D eigenvalue weighted by atomic mass is 28.3. The Morgan fingerprint density at radius 1 is 0.722 bits per heavy atom. The van der Waals surface area contributed by atoms with E-state index in [9.17, 15) is 0 Å². The molecule has 0 fully saturated rings. The van der Waals surface area contributed by atoms with Crippen LogP contribution in [0.25, 0.3) is 0 Å². The SMILES string of the molecule is CC=C[Si](C)(C)CCCCCCCCCCCC. The Hall–Kier alpha value is -0.0431. The third kappa shape index (κ3) is 12.4. The highest BCUT2D eigenvalue weighted by Crippen LogP contribution is 2.17. The van der Waals surface area contributed by atoms with Gasteiger partial charge in [-0.15, -0.1) is 0 Å². The van der Waals surface area contributed by atoms with Crippen molar-refractivity contribution >= 4 is 8.07 Å². The quantitative estimate of drug-likeness (QED) is 0.272. The maximum Gasteiger partial charge on any atom is 0.0713 e. The van der Waals surface area contributed by atoms with E-state index in [1.165, 1.54) is 70.3 Å². The average Bonchev–Trinajstić information content (AvgIpc) is 2.31. The van der Waals surface area contributed by atoms with Gasteiger partial charge in [0.05, 0.1) is 8.07 Å². The lowest BCUT2D eigenvalue weighted by Gasteiger charge is -2.17. The Bertz CT molecular complexity index is 194. The lowest BCUT2D eigenvalue weighted by molar-refractivity contribution is 0.561. The molecule has 0 amide bonds. The fraction of sp³-hybridized carbons (Fsp3) is 0.882. The molecule has 0 spiro atoms. The van der Waals surface area contributed by atoms with Crippen molar-refractivity contribution in [3.63, 3.8) is 0 Å². The summed E-state index contributed by atoms with van der Waals surface area (Å²) in [5.41, 5.74) is 2.49. The smallest absolute Gasteiger partial charge is 0.0713 e. The minimum Gasteiger partial charge on any atom is -0.0989 e. The summed E-state index contributed by atoms with van der Waals surface area (Å²) in [6, 6.07) is 1.48. The molecule has 0 saturated carbocycles. The summed E-state index contributed by atoms with van der Waals surface area (Å²) in [4.78, 5) is 0. The minimum atomic E-state index is -0.974. The molecule has 0 aliphatic heterocycles. The second-order valence-electron chi connectivity index (χ2n) is 6.42. The van der Waals surface area contributed by atoms with Gasteiger partial charge in [-0.2, -0.15) is 0 Å². The van der Waals surface area contributed by atoms with Gasteiger partial charge >= 0.3 is 0 Å². The van der Waals surface area contributed by atoms with Crippen LogP contribution in [0.1, 0.15) is 78.1 Å². The van der Waals surface area contributed by atoms with Crippen LogP contribution in [0.2, 0.25) is 19.1 Å². The lowest BCUT2D eigenvalue weighted by atomic mass is 10.1. The van der Waals surface area contributed by atoms with Crippen LogP contribution in [0.3, 0.4) is 0 Å². The Balaban J connectivity index is 3.21. The molecule has 0 rings (SSSR count). The first-order chi connectivity index (χ1) is 8.62. The van der Waals surface area contributed by atoms with Gasteiger partial charge in [0.1, 0.15) is 0 Å². The average molecular weight is 269 g/mol. The first-order valence-corrected chi connectivity index (χ1v) is 11.5. The topological polar surface area (TPSA) is 0 Å². The van der Waals surface area contributed by atoms with E-state index in [0.29, 0.717) is 0 Å². The fourth-order valence-electron chi connectivity index (χ4n) is 2.60. The molecule has 0 aliphatic carbocycles. The molecule has 0 aromatic heterocycles. The van der Waals surface area contributed by atoms with Crippen LogP contribution in [0.5, 0.6) is 0 Å². The van der Waals surface area contributed by atoms with Gasteiger partial charge in [-0.3, -0.25) is 0 Å². The Morgan fingerprint density at radius 3 is 1.61 bits per heavy atom. The highest BCUT2D eigenvalue weighted by molar-refractivity contribution is 6.82.